The van der Waals surface area contributed by atoms with Gasteiger partial charge in [-0.2, -0.15) is 0 Å². The fourth-order valence-corrected chi connectivity index (χ4v) is 24.5. The van der Waals surface area contributed by atoms with Gasteiger partial charge >= 0.3 is 128 Å². The number of halogens is 2. The Labute approximate surface area is 368 Å². The van der Waals surface area contributed by atoms with Crippen molar-refractivity contribution in [3.05, 3.63) is 35.4 Å². The van der Waals surface area contributed by atoms with E-state index < -0.39 is 31.3 Å². The summed E-state index contributed by atoms with van der Waals surface area (Å²) >= 11 is -1.91. The molecule has 6 aliphatic carbocycles. The van der Waals surface area contributed by atoms with Gasteiger partial charge in [0.15, 0.2) is 0 Å². The van der Waals surface area contributed by atoms with Crippen LogP contribution in [0.15, 0.2) is 24.3 Å². The summed E-state index contributed by atoms with van der Waals surface area (Å²) in [5.41, 5.74) is 8.40. The number of hydrogen-bond donors (Lipinski definition) is 0. The average Bonchev–Trinajstić information content (AvgIpc) is 3.59. The van der Waals surface area contributed by atoms with E-state index in [4.69, 9.17) is 24.2 Å². The van der Waals surface area contributed by atoms with E-state index in [1.165, 1.54) is 46.1 Å². The zero-order valence-electron chi connectivity index (χ0n) is 35.7. The van der Waals surface area contributed by atoms with Gasteiger partial charge in [-0.1, -0.05) is 38.5 Å². The Morgan fingerprint density at radius 3 is 1.03 bits per heavy atom. The van der Waals surface area contributed by atoms with E-state index in [1.807, 2.05) is 0 Å². The quantitative estimate of drug-likeness (QED) is 0.141. The van der Waals surface area contributed by atoms with E-state index in [9.17, 15) is 14.4 Å². The average molecular weight is 966 g/mol. The molecular formula is C48H77Cl2NO4P2Ru+2. The van der Waals surface area contributed by atoms with Crippen molar-refractivity contribution in [2.45, 2.75) is 239 Å². The predicted octanol–water partition coefficient (Wildman–Crippen LogP) is 14.4. The molecule has 2 amide bonds. The van der Waals surface area contributed by atoms with Gasteiger partial charge in [0.1, 0.15) is 0 Å². The first-order valence-corrected chi connectivity index (χ1v) is 33.1. The third-order valence-electron chi connectivity index (χ3n) is 15.0. The zero-order chi connectivity index (χ0) is 40.5. The van der Waals surface area contributed by atoms with Crippen LogP contribution in [0.3, 0.4) is 0 Å². The molecule has 5 nitrogen and oxygen atoms in total. The SMILES string of the molecule is C1CCC([PH+](C2CCCCC2)C2CCCCC2)CC1.C1CCC([PH+](C2CCCCC2)C2CCCCC2)CC1.O=C(ON1C(=O)CCC1=O)c1ccc([CH]=[Ru]([Cl])[Cl])cc1. The van der Waals surface area contributed by atoms with Gasteiger partial charge in [0.25, 0.3) is 0 Å². The fourth-order valence-electron chi connectivity index (χ4n) is 12.2. The molecule has 58 heavy (non-hydrogen) atoms. The van der Waals surface area contributed by atoms with Crippen LogP contribution in [0.5, 0.6) is 0 Å². The van der Waals surface area contributed by atoms with E-state index >= 15 is 0 Å². The summed E-state index contributed by atoms with van der Waals surface area (Å²) in [4.78, 5) is 39.2. The molecule has 1 heterocycles. The Kier molecular flexibility index (Phi) is 21.0. The molecule has 0 radical (unpaired) electrons. The van der Waals surface area contributed by atoms with Gasteiger partial charge < -0.3 is 0 Å². The molecular weight excluding hydrogens is 888 g/mol. The molecule has 0 aromatic heterocycles. The van der Waals surface area contributed by atoms with Crippen LogP contribution in [0.4, 0.5) is 0 Å². The number of hydroxylamine groups is 2. The third kappa shape index (κ3) is 14.7. The Balaban J connectivity index is 0.000000147. The molecule has 1 aromatic rings. The summed E-state index contributed by atoms with van der Waals surface area (Å²) in [5.74, 6) is -1.77. The van der Waals surface area contributed by atoms with Gasteiger partial charge in [-0.05, 0) is 154 Å². The van der Waals surface area contributed by atoms with Crippen LogP contribution in [-0.2, 0) is 27.9 Å². The summed E-state index contributed by atoms with van der Waals surface area (Å²) in [6, 6.07) is 6.36. The van der Waals surface area contributed by atoms with Gasteiger partial charge in [-0.3, -0.25) is 0 Å². The molecule has 1 aliphatic heterocycles. The van der Waals surface area contributed by atoms with Crippen LogP contribution in [0.25, 0.3) is 0 Å². The maximum atomic E-state index is 11.8. The van der Waals surface area contributed by atoms with E-state index in [1.54, 1.807) is 209 Å². The molecule has 0 spiro atoms. The summed E-state index contributed by atoms with van der Waals surface area (Å²) in [6.45, 7) is 0. The monoisotopic (exact) mass is 965 g/mol. The van der Waals surface area contributed by atoms with Crippen molar-refractivity contribution >= 4 is 57.6 Å². The van der Waals surface area contributed by atoms with Crippen LogP contribution >= 0.6 is 35.2 Å². The molecule has 1 aromatic carbocycles. The van der Waals surface area contributed by atoms with Gasteiger partial charge in [-0.25, -0.2) is 0 Å². The van der Waals surface area contributed by atoms with E-state index in [2.05, 4.69) is 0 Å². The standard InChI is InChI=1S/2C18H33P.C12H9NO4.2ClH.Ru/c2*1-4-10-16(11-5-1)19(17-12-6-2-7-13-17)18-14-8-3-9-15-18;1-8-2-4-9(5-3-8)12(16)17-13-10(14)6-7-11(13)15;;;/h2*16-18H,1-15H2;1-5H,6-7H2;2*1H;/q;;;;;+2. The first kappa shape index (κ1) is 47.2. The van der Waals surface area contributed by atoms with Gasteiger partial charge in [-0.15, -0.1) is 0 Å². The second kappa shape index (κ2) is 25.8. The number of amides is 2. The van der Waals surface area contributed by atoms with Crippen LogP contribution in [-0.4, -0.2) is 61.4 Å². The minimum absolute atomic E-state index is 0.0465. The Bertz CT molecular complexity index is 1270. The molecule has 1 saturated heterocycles. The molecule has 328 valence electrons. The fraction of sp³-hybridized carbons (Fsp3) is 0.792. The van der Waals surface area contributed by atoms with Crippen molar-refractivity contribution in [2.24, 2.45) is 0 Å². The van der Waals surface area contributed by atoms with Crippen LogP contribution in [0.2, 0.25) is 0 Å². The van der Waals surface area contributed by atoms with Crippen molar-refractivity contribution in [3.63, 3.8) is 0 Å². The van der Waals surface area contributed by atoms with Crippen molar-refractivity contribution < 1.29 is 32.7 Å². The predicted molar refractivity (Wildman–Crippen MR) is 248 cm³/mol. The molecule has 0 unspecified atom stereocenters. The van der Waals surface area contributed by atoms with E-state index in [0.29, 0.717) is 5.06 Å². The van der Waals surface area contributed by atoms with Gasteiger partial charge in [0, 0.05) is 15.8 Å². The maximum absolute atomic E-state index is 11.8. The first-order valence-electron chi connectivity index (χ1n) is 24.1. The number of carbonyl (C=O) groups excluding carboxylic acids is 3. The summed E-state index contributed by atoms with van der Waals surface area (Å²) < 4.78 is 1.73. The third-order valence-corrected chi connectivity index (χ3v) is 26.0. The van der Waals surface area contributed by atoms with Crippen molar-refractivity contribution in [3.8, 4) is 0 Å². The molecule has 8 rings (SSSR count). The number of hydrogen-bond acceptors (Lipinski definition) is 4. The second-order valence-corrected chi connectivity index (χ2v) is 31.5. The van der Waals surface area contributed by atoms with Crippen LogP contribution < -0.4 is 0 Å². The van der Waals surface area contributed by atoms with Crippen LogP contribution in [0, 0.1) is 0 Å². The topological polar surface area (TPSA) is 63.7 Å². The number of benzene rings is 1. The zero-order valence-corrected chi connectivity index (χ0v) is 40.9. The molecule has 0 N–H and O–H groups in total. The second-order valence-electron chi connectivity index (χ2n) is 18.9. The number of rotatable bonds is 9. The van der Waals surface area contributed by atoms with E-state index in [0.717, 1.165) is 5.56 Å². The van der Waals surface area contributed by atoms with Crippen molar-refractivity contribution in [1.82, 2.24) is 5.06 Å². The first-order chi connectivity index (χ1) is 28.4. The number of nitrogens with zero attached hydrogens (tertiary/aromatic N) is 1. The molecule has 7 fully saturated rings. The summed E-state index contributed by atoms with van der Waals surface area (Å²) in [6.07, 6.45) is 47.7. The summed E-state index contributed by atoms with van der Waals surface area (Å²) in [7, 11) is 11.4. The molecule has 6 saturated carbocycles. The summed E-state index contributed by atoms with van der Waals surface area (Å²) in [5, 5.41) is 0.517. The molecule has 0 atom stereocenters. The number of imide groups is 1. The Morgan fingerprint density at radius 1 is 0.500 bits per heavy atom. The minimum atomic E-state index is -1.91. The van der Waals surface area contributed by atoms with E-state index in [-0.39, 0.29) is 34.2 Å². The van der Waals surface area contributed by atoms with Gasteiger partial charge in [0.05, 0.1) is 34.0 Å². The normalized spacial score (nSPS) is 24.2. The van der Waals surface area contributed by atoms with Crippen molar-refractivity contribution in [2.75, 3.05) is 0 Å². The van der Waals surface area contributed by atoms with Crippen LogP contribution in [0.1, 0.15) is 221 Å². The number of carbonyl (C=O) groups is 3. The Hall–Kier alpha value is -0.237. The van der Waals surface area contributed by atoms with Gasteiger partial charge in [0.2, 0.25) is 0 Å². The van der Waals surface area contributed by atoms with Crippen molar-refractivity contribution in [1.29, 1.82) is 0 Å². The Morgan fingerprint density at radius 2 is 0.776 bits per heavy atom. The molecule has 0 bridgehead atoms. The molecule has 7 aliphatic rings. The molecule has 10 heteroatoms.